The highest BCUT2D eigenvalue weighted by Crippen LogP contribution is 2.32. The molecule has 0 saturated heterocycles. The third kappa shape index (κ3) is 3.51. The van der Waals surface area contributed by atoms with Gasteiger partial charge in [-0.25, -0.2) is 9.98 Å². The van der Waals surface area contributed by atoms with Crippen LogP contribution in [-0.4, -0.2) is 28.1 Å². The number of oxazole rings is 1. The van der Waals surface area contributed by atoms with Gasteiger partial charge in [0.05, 0.1) is 5.54 Å². The van der Waals surface area contributed by atoms with Gasteiger partial charge in [-0.1, -0.05) is 44.2 Å². The summed E-state index contributed by atoms with van der Waals surface area (Å²) in [6.45, 7) is 8.64. The monoisotopic (exact) mass is 328 g/mol. The van der Waals surface area contributed by atoms with Crippen LogP contribution in [0.25, 0.3) is 11.3 Å². The minimum atomic E-state index is -0.740. The van der Waals surface area contributed by atoms with Crippen LogP contribution in [0.1, 0.15) is 51.8 Å². The Bertz CT molecular complexity index is 732. The number of hydrogen-bond donors (Lipinski definition) is 1. The van der Waals surface area contributed by atoms with Crippen LogP contribution in [0.3, 0.4) is 0 Å². The maximum atomic E-state index is 10.4. The average molecular weight is 328 g/mol. The van der Waals surface area contributed by atoms with Gasteiger partial charge in [-0.2, -0.15) is 0 Å². The van der Waals surface area contributed by atoms with E-state index in [0.29, 0.717) is 42.2 Å². The van der Waals surface area contributed by atoms with Crippen LogP contribution in [0.15, 0.2) is 39.7 Å². The highest BCUT2D eigenvalue weighted by molar-refractivity contribution is 5.98. The quantitative estimate of drug-likeness (QED) is 0.901. The van der Waals surface area contributed by atoms with Gasteiger partial charge in [0, 0.05) is 5.56 Å². The van der Waals surface area contributed by atoms with Crippen molar-refractivity contribution in [1.29, 1.82) is 0 Å². The number of rotatable bonds is 5. The van der Waals surface area contributed by atoms with Gasteiger partial charge in [-0.05, 0) is 26.2 Å². The first-order valence-electron chi connectivity index (χ1n) is 8.33. The van der Waals surface area contributed by atoms with Crippen LogP contribution in [0.2, 0.25) is 0 Å². The fraction of sp³-hybridized carbons (Fsp3) is 0.474. The molecule has 0 radical (unpaired) electrons. The summed E-state index contributed by atoms with van der Waals surface area (Å²) in [6.07, 6.45) is -0.149. The first-order valence-corrected chi connectivity index (χ1v) is 8.33. The molecule has 128 valence electrons. The lowest BCUT2D eigenvalue weighted by molar-refractivity contribution is 0.121. The molecule has 0 fully saturated rings. The third-order valence-electron chi connectivity index (χ3n) is 3.83. The van der Waals surface area contributed by atoms with Crippen molar-refractivity contribution >= 4 is 5.90 Å². The van der Waals surface area contributed by atoms with E-state index in [1.807, 2.05) is 44.2 Å². The lowest BCUT2D eigenvalue weighted by Crippen LogP contribution is -2.17. The topological polar surface area (TPSA) is 67.9 Å². The van der Waals surface area contributed by atoms with Crippen molar-refractivity contribution in [2.75, 3.05) is 6.61 Å². The summed E-state index contributed by atoms with van der Waals surface area (Å²) in [5, 5.41) is 10.4. The molecule has 1 aromatic carbocycles. The van der Waals surface area contributed by atoms with Crippen molar-refractivity contribution in [3.05, 3.63) is 41.9 Å². The zero-order chi connectivity index (χ0) is 17.3. The molecule has 1 aliphatic rings. The van der Waals surface area contributed by atoms with Crippen molar-refractivity contribution in [2.45, 2.75) is 45.8 Å². The Morgan fingerprint density at radius 1 is 1.21 bits per heavy atom. The summed E-state index contributed by atoms with van der Waals surface area (Å²) in [7, 11) is 0. The summed E-state index contributed by atoms with van der Waals surface area (Å²) in [6, 6.07) is 9.72. The van der Waals surface area contributed by atoms with Crippen LogP contribution in [0.5, 0.6) is 0 Å². The molecule has 0 aliphatic carbocycles. The number of ether oxygens (including phenoxy) is 1. The van der Waals surface area contributed by atoms with Crippen LogP contribution >= 0.6 is 0 Å². The molecule has 3 rings (SSSR count). The smallest absolute Gasteiger partial charge is 0.240 e. The minimum absolute atomic E-state index is 0.279. The van der Waals surface area contributed by atoms with Crippen LogP contribution in [-0.2, 0) is 4.74 Å². The predicted octanol–water partition coefficient (Wildman–Crippen LogP) is 3.98. The van der Waals surface area contributed by atoms with E-state index >= 15 is 0 Å². The van der Waals surface area contributed by atoms with Gasteiger partial charge in [-0.3, -0.25) is 0 Å². The highest BCUT2D eigenvalue weighted by Gasteiger charge is 2.32. The van der Waals surface area contributed by atoms with E-state index in [9.17, 15) is 5.11 Å². The van der Waals surface area contributed by atoms with Crippen molar-refractivity contribution in [3.63, 3.8) is 0 Å². The van der Waals surface area contributed by atoms with E-state index in [1.54, 1.807) is 0 Å². The van der Waals surface area contributed by atoms with Crippen molar-refractivity contribution in [3.8, 4) is 11.3 Å². The first kappa shape index (κ1) is 16.7. The fourth-order valence-electron chi connectivity index (χ4n) is 2.66. The standard InChI is InChI=1S/C19H24N2O3/c1-12(2)10-14(22)17-20-15(18-21-19(3,4)11-23-18)16(24-17)13-8-6-5-7-9-13/h5-9,12,14,22H,10-11H2,1-4H3. The third-order valence-corrected chi connectivity index (χ3v) is 3.83. The summed E-state index contributed by atoms with van der Waals surface area (Å²) < 4.78 is 11.7. The maximum Gasteiger partial charge on any atom is 0.240 e. The number of aliphatic hydroxyl groups is 1. The van der Waals surface area contributed by atoms with Crippen molar-refractivity contribution in [1.82, 2.24) is 4.98 Å². The van der Waals surface area contributed by atoms with Crippen LogP contribution < -0.4 is 0 Å². The number of hydrogen-bond acceptors (Lipinski definition) is 5. The molecule has 1 unspecified atom stereocenters. The summed E-state index contributed by atoms with van der Waals surface area (Å²) in [5.41, 5.74) is 1.17. The van der Waals surface area contributed by atoms with E-state index in [4.69, 9.17) is 9.15 Å². The van der Waals surface area contributed by atoms with Crippen molar-refractivity contribution < 1.29 is 14.3 Å². The molecule has 24 heavy (non-hydrogen) atoms. The second-order valence-corrected chi connectivity index (χ2v) is 7.26. The van der Waals surface area contributed by atoms with E-state index in [1.165, 1.54) is 0 Å². The van der Waals surface area contributed by atoms with Gasteiger partial charge in [0.1, 0.15) is 12.7 Å². The Hall–Kier alpha value is -2.14. The molecule has 5 heteroatoms. The van der Waals surface area contributed by atoms with Gasteiger partial charge >= 0.3 is 0 Å². The SMILES string of the molecule is CC(C)CC(O)c1nc(C2=NC(C)(C)CO2)c(-c2ccccc2)o1. The Morgan fingerprint density at radius 2 is 1.92 bits per heavy atom. The van der Waals surface area contributed by atoms with E-state index in [2.05, 4.69) is 23.8 Å². The lowest BCUT2D eigenvalue weighted by Gasteiger charge is -2.08. The fourth-order valence-corrected chi connectivity index (χ4v) is 2.66. The zero-order valence-corrected chi connectivity index (χ0v) is 14.6. The van der Waals surface area contributed by atoms with E-state index < -0.39 is 6.10 Å². The summed E-state index contributed by atoms with van der Waals surface area (Å²) >= 11 is 0. The first-order chi connectivity index (χ1) is 11.4. The Morgan fingerprint density at radius 3 is 2.50 bits per heavy atom. The second kappa shape index (κ2) is 6.40. The predicted molar refractivity (Wildman–Crippen MR) is 92.9 cm³/mol. The molecular formula is C19H24N2O3. The molecule has 0 bridgehead atoms. The molecule has 1 aliphatic heterocycles. The Balaban J connectivity index is 2.04. The molecule has 1 aromatic heterocycles. The molecule has 2 aromatic rings. The minimum Gasteiger partial charge on any atom is -0.474 e. The van der Waals surface area contributed by atoms with E-state index in [0.717, 1.165) is 5.56 Å². The average Bonchev–Trinajstić information content (AvgIpc) is 3.11. The molecule has 1 atom stereocenters. The number of aromatic nitrogens is 1. The normalized spacial score (nSPS) is 17.7. The van der Waals surface area contributed by atoms with Gasteiger partial charge in [0.15, 0.2) is 11.5 Å². The van der Waals surface area contributed by atoms with Crippen molar-refractivity contribution in [2.24, 2.45) is 10.9 Å². The molecule has 0 amide bonds. The van der Waals surface area contributed by atoms with Gasteiger partial charge < -0.3 is 14.3 Å². The number of aliphatic hydroxyl groups excluding tert-OH is 1. The largest absolute Gasteiger partial charge is 0.474 e. The molecule has 1 N–H and O–H groups in total. The van der Waals surface area contributed by atoms with Gasteiger partial charge in [0.25, 0.3) is 0 Å². The summed E-state index contributed by atoms with van der Waals surface area (Å²) in [5.74, 6) is 1.72. The molecule has 2 heterocycles. The second-order valence-electron chi connectivity index (χ2n) is 7.26. The van der Waals surface area contributed by atoms with Gasteiger partial charge in [-0.15, -0.1) is 0 Å². The van der Waals surface area contributed by atoms with Crippen LogP contribution in [0, 0.1) is 5.92 Å². The van der Waals surface area contributed by atoms with Gasteiger partial charge in [0.2, 0.25) is 11.8 Å². The van der Waals surface area contributed by atoms with Crippen LogP contribution in [0.4, 0.5) is 0 Å². The number of nitrogens with zero attached hydrogens (tertiary/aromatic N) is 2. The molecule has 0 spiro atoms. The zero-order valence-electron chi connectivity index (χ0n) is 14.6. The maximum absolute atomic E-state index is 10.4. The van der Waals surface area contributed by atoms with E-state index in [-0.39, 0.29) is 5.54 Å². The highest BCUT2D eigenvalue weighted by atomic mass is 16.5. The molecular weight excluding hydrogens is 304 g/mol. The summed E-state index contributed by atoms with van der Waals surface area (Å²) in [4.78, 5) is 9.12. The molecule has 5 nitrogen and oxygen atoms in total. The number of aliphatic imine (C=N–C) groups is 1. The Kier molecular flexibility index (Phi) is 4.45. The number of benzene rings is 1. The molecule has 0 saturated carbocycles. The Labute approximate surface area is 142 Å². The lowest BCUT2D eigenvalue weighted by atomic mass is 10.1.